The second-order valence-corrected chi connectivity index (χ2v) is 5.54. The molecule has 1 heterocycles. The normalized spacial score (nSPS) is 16.0. The van der Waals surface area contributed by atoms with E-state index in [9.17, 15) is 9.90 Å². The molecule has 0 saturated carbocycles. The number of nitrogens with zero attached hydrogens (tertiary/aromatic N) is 2. The zero-order valence-electron chi connectivity index (χ0n) is 13.8. The molecule has 0 radical (unpaired) electrons. The van der Waals surface area contributed by atoms with Crippen LogP contribution in [0.25, 0.3) is 0 Å². The van der Waals surface area contributed by atoms with Crippen molar-refractivity contribution in [3.63, 3.8) is 0 Å². The molecule has 2 rings (SSSR count). The van der Waals surface area contributed by atoms with E-state index in [1.165, 1.54) is 13.8 Å². The summed E-state index contributed by atoms with van der Waals surface area (Å²) in [6.45, 7) is 5.59. The van der Waals surface area contributed by atoms with Crippen LogP contribution in [-0.2, 0) is 4.79 Å². The summed E-state index contributed by atoms with van der Waals surface area (Å²) in [5.41, 5.74) is 1.21. The number of carbonyl (C=O) groups is 1. The number of methoxy groups -OCH3 is 1. The van der Waals surface area contributed by atoms with Crippen molar-refractivity contribution in [3.8, 4) is 5.75 Å². The van der Waals surface area contributed by atoms with Crippen LogP contribution in [0, 0.1) is 5.41 Å². The molecule has 1 saturated heterocycles. The Hall–Kier alpha value is -2.50. The molecular formula is C17H23N3O3. The number of ketones is 1. The lowest BCUT2D eigenvalue weighted by Gasteiger charge is -2.37. The van der Waals surface area contributed by atoms with Crippen LogP contribution in [0.5, 0.6) is 5.75 Å². The van der Waals surface area contributed by atoms with Gasteiger partial charge in [-0.25, -0.2) is 0 Å². The third-order valence-corrected chi connectivity index (χ3v) is 3.98. The zero-order valence-corrected chi connectivity index (χ0v) is 13.8. The number of piperazine rings is 1. The Kier molecular flexibility index (Phi) is 5.26. The maximum absolute atomic E-state index is 11.6. The number of anilines is 1. The fourth-order valence-corrected chi connectivity index (χ4v) is 2.73. The highest BCUT2D eigenvalue weighted by Gasteiger charge is 2.24. The SMILES string of the molecule is COc1ccc(N2CCN(C(=N)/C(C(C)=O)=C(\C)O)CC2)cc1. The highest BCUT2D eigenvalue weighted by Crippen LogP contribution is 2.21. The minimum absolute atomic E-state index is 0.0971. The number of benzene rings is 1. The van der Waals surface area contributed by atoms with Gasteiger partial charge in [-0.15, -0.1) is 0 Å². The molecule has 1 aromatic carbocycles. The van der Waals surface area contributed by atoms with Crippen molar-refractivity contribution < 1.29 is 14.6 Å². The van der Waals surface area contributed by atoms with E-state index in [4.69, 9.17) is 10.1 Å². The molecule has 0 bridgehead atoms. The fourth-order valence-electron chi connectivity index (χ4n) is 2.73. The lowest BCUT2D eigenvalue weighted by molar-refractivity contribution is -0.113. The summed E-state index contributed by atoms with van der Waals surface area (Å²) in [4.78, 5) is 15.7. The van der Waals surface area contributed by atoms with Crippen LogP contribution in [-0.4, -0.2) is 54.9 Å². The monoisotopic (exact) mass is 317 g/mol. The van der Waals surface area contributed by atoms with Gasteiger partial charge in [0.05, 0.1) is 12.7 Å². The van der Waals surface area contributed by atoms with Crippen molar-refractivity contribution in [1.29, 1.82) is 5.41 Å². The number of ether oxygens (including phenoxy) is 1. The Balaban J connectivity index is 2.01. The summed E-state index contributed by atoms with van der Waals surface area (Å²) in [6, 6.07) is 7.88. The number of amidine groups is 1. The van der Waals surface area contributed by atoms with E-state index in [1.807, 2.05) is 29.2 Å². The summed E-state index contributed by atoms with van der Waals surface area (Å²) in [5, 5.41) is 17.8. The average Bonchev–Trinajstić information content (AvgIpc) is 2.54. The van der Waals surface area contributed by atoms with Gasteiger partial charge in [-0.1, -0.05) is 0 Å². The molecule has 0 aliphatic carbocycles. The number of hydrogen-bond acceptors (Lipinski definition) is 5. The van der Waals surface area contributed by atoms with E-state index < -0.39 is 0 Å². The quantitative estimate of drug-likeness (QED) is 0.385. The molecule has 6 nitrogen and oxygen atoms in total. The Labute approximate surface area is 136 Å². The molecule has 0 atom stereocenters. The first-order valence-corrected chi connectivity index (χ1v) is 7.57. The molecule has 0 amide bonds. The first-order valence-electron chi connectivity index (χ1n) is 7.57. The van der Waals surface area contributed by atoms with Crippen molar-refractivity contribution in [2.75, 3.05) is 38.2 Å². The first kappa shape index (κ1) is 16.9. The highest BCUT2D eigenvalue weighted by molar-refractivity contribution is 6.19. The van der Waals surface area contributed by atoms with Crippen LogP contribution in [0.2, 0.25) is 0 Å². The van der Waals surface area contributed by atoms with Gasteiger partial charge in [0.1, 0.15) is 17.3 Å². The van der Waals surface area contributed by atoms with Gasteiger partial charge in [-0.2, -0.15) is 0 Å². The molecule has 1 fully saturated rings. The van der Waals surface area contributed by atoms with Crippen molar-refractivity contribution in [3.05, 3.63) is 35.6 Å². The molecule has 124 valence electrons. The summed E-state index contributed by atoms with van der Waals surface area (Å²) < 4.78 is 5.16. The number of nitrogens with one attached hydrogen (secondary N) is 1. The van der Waals surface area contributed by atoms with Crippen LogP contribution in [0.15, 0.2) is 35.6 Å². The van der Waals surface area contributed by atoms with Gasteiger partial charge in [0.15, 0.2) is 5.78 Å². The Morgan fingerprint density at radius 1 is 1.13 bits per heavy atom. The fraction of sp³-hybridized carbons (Fsp3) is 0.412. The topological polar surface area (TPSA) is 76.9 Å². The predicted octanol–water partition coefficient (Wildman–Crippen LogP) is 2.22. The van der Waals surface area contributed by atoms with Gasteiger partial charge in [0, 0.05) is 31.9 Å². The molecule has 23 heavy (non-hydrogen) atoms. The van der Waals surface area contributed by atoms with Gasteiger partial charge in [0.2, 0.25) is 0 Å². The van der Waals surface area contributed by atoms with Crippen molar-refractivity contribution in [2.24, 2.45) is 0 Å². The number of carbonyl (C=O) groups excluding carboxylic acids is 1. The lowest BCUT2D eigenvalue weighted by Crippen LogP contribution is -2.49. The summed E-state index contributed by atoms with van der Waals surface area (Å²) in [5.74, 6) is 0.545. The second-order valence-electron chi connectivity index (χ2n) is 5.54. The molecule has 0 aromatic heterocycles. The maximum atomic E-state index is 11.6. The van der Waals surface area contributed by atoms with E-state index >= 15 is 0 Å². The standard InChI is InChI=1S/C17H23N3O3/c1-12(21)16(13(2)22)17(18)20-10-8-19(9-11-20)14-4-6-15(23-3)7-5-14/h4-7,18,21H,8-11H2,1-3H3/b16-12+,18-17?. The van der Waals surface area contributed by atoms with E-state index in [2.05, 4.69) is 4.90 Å². The number of allylic oxidation sites excluding steroid dienone is 1. The summed E-state index contributed by atoms with van der Waals surface area (Å²) in [6.07, 6.45) is 0. The number of hydrogen-bond donors (Lipinski definition) is 2. The van der Waals surface area contributed by atoms with E-state index in [1.54, 1.807) is 7.11 Å². The average molecular weight is 317 g/mol. The number of aliphatic hydroxyl groups is 1. The molecule has 0 unspecified atom stereocenters. The Morgan fingerprint density at radius 3 is 2.13 bits per heavy atom. The van der Waals surface area contributed by atoms with Gasteiger partial charge in [-0.05, 0) is 38.1 Å². The van der Waals surface area contributed by atoms with Gasteiger partial charge < -0.3 is 19.6 Å². The number of Topliss-reactive ketones (excluding diaryl/α,β-unsaturated/α-hetero) is 1. The molecular weight excluding hydrogens is 294 g/mol. The Morgan fingerprint density at radius 2 is 1.70 bits per heavy atom. The molecule has 1 aliphatic rings. The van der Waals surface area contributed by atoms with E-state index in [-0.39, 0.29) is 23.0 Å². The van der Waals surface area contributed by atoms with E-state index in [0.717, 1.165) is 24.5 Å². The lowest BCUT2D eigenvalue weighted by atomic mass is 10.1. The Bertz CT molecular complexity index is 610. The number of rotatable bonds is 4. The molecule has 0 spiro atoms. The van der Waals surface area contributed by atoms with E-state index in [0.29, 0.717) is 13.1 Å². The molecule has 1 aromatic rings. The molecule has 2 N–H and O–H groups in total. The third-order valence-electron chi connectivity index (χ3n) is 3.98. The number of aliphatic hydroxyl groups excluding tert-OH is 1. The van der Waals surface area contributed by atoms with Crippen LogP contribution in [0.3, 0.4) is 0 Å². The van der Waals surface area contributed by atoms with Crippen LogP contribution < -0.4 is 9.64 Å². The minimum Gasteiger partial charge on any atom is -0.512 e. The van der Waals surface area contributed by atoms with Crippen molar-refractivity contribution in [2.45, 2.75) is 13.8 Å². The van der Waals surface area contributed by atoms with Gasteiger partial charge >= 0.3 is 0 Å². The maximum Gasteiger partial charge on any atom is 0.166 e. The van der Waals surface area contributed by atoms with Crippen LogP contribution >= 0.6 is 0 Å². The van der Waals surface area contributed by atoms with Crippen molar-refractivity contribution in [1.82, 2.24) is 4.90 Å². The van der Waals surface area contributed by atoms with Gasteiger partial charge in [-0.3, -0.25) is 10.2 Å². The van der Waals surface area contributed by atoms with Crippen LogP contribution in [0.1, 0.15) is 13.8 Å². The minimum atomic E-state index is -0.285. The third kappa shape index (κ3) is 3.83. The first-order chi connectivity index (χ1) is 10.9. The molecule has 6 heteroatoms. The largest absolute Gasteiger partial charge is 0.512 e. The predicted molar refractivity (Wildman–Crippen MR) is 90.5 cm³/mol. The zero-order chi connectivity index (χ0) is 17.0. The summed E-state index contributed by atoms with van der Waals surface area (Å²) in [7, 11) is 1.64. The van der Waals surface area contributed by atoms with Crippen LogP contribution in [0.4, 0.5) is 5.69 Å². The summed E-state index contributed by atoms with van der Waals surface area (Å²) >= 11 is 0. The smallest absolute Gasteiger partial charge is 0.166 e. The van der Waals surface area contributed by atoms with Crippen molar-refractivity contribution >= 4 is 17.3 Å². The highest BCUT2D eigenvalue weighted by atomic mass is 16.5. The second kappa shape index (κ2) is 7.17. The molecule has 1 aliphatic heterocycles. The van der Waals surface area contributed by atoms with Gasteiger partial charge in [0.25, 0.3) is 0 Å².